The topological polar surface area (TPSA) is 0 Å². The van der Waals surface area contributed by atoms with Crippen LogP contribution in [-0.2, 0) is 0 Å². The normalized spacial score (nSPS) is 20.1. The van der Waals surface area contributed by atoms with Crippen LogP contribution in [0.3, 0.4) is 0 Å². The molecule has 0 N–H and O–H groups in total. The number of rotatable bonds is 3. The molecule has 1 heteroatoms. The molecule has 0 saturated heterocycles. The minimum absolute atomic E-state index is 1.28. The molecule has 1 rings (SSSR count). The van der Waals surface area contributed by atoms with E-state index in [1.165, 1.54) is 24.3 Å². The first kappa shape index (κ1) is 5.49. The zero-order valence-corrected chi connectivity index (χ0v) is 5.55. The maximum atomic E-state index is 2.22. The fourth-order valence-corrected chi connectivity index (χ4v) is 1.26. The monoisotopic (exact) mass is 115 g/mol. The number of hydrogen-bond donors (Lipinski definition) is 0. The summed E-state index contributed by atoms with van der Waals surface area (Å²) in [7, 11) is 0. The lowest BCUT2D eigenvalue weighted by Crippen LogP contribution is -1.76. The van der Waals surface area contributed by atoms with Crippen molar-refractivity contribution < 1.29 is 0 Å². The quantitative estimate of drug-likeness (QED) is 0.543. The van der Waals surface area contributed by atoms with Crippen LogP contribution >= 0.6 is 11.8 Å². The van der Waals surface area contributed by atoms with Gasteiger partial charge in [0, 0.05) is 0 Å². The van der Waals surface area contributed by atoms with Gasteiger partial charge in [-0.15, -0.1) is 0 Å². The third kappa shape index (κ3) is 2.22. The summed E-state index contributed by atoms with van der Waals surface area (Å²) >= 11 is 2.04. The molecule has 0 unspecified atom stereocenters. The lowest BCUT2D eigenvalue weighted by molar-refractivity contribution is 1.39. The zero-order valence-electron chi connectivity index (χ0n) is 4.74. The predicted molar refractivity (Wildman–Crippen MR) is 35.5 cm³/mol. The zero-order chi connectivity index (χ0) is 5.11. The van der Waals surface area contributed by atoms with Gasteiger partial charge < -0.3 is 0 Å². The summed E-state index contributed by atoms with van der Waals surface area (Å²) in [6, 6.07) is 0. The standard InChI is InChI=1S/C6H11S/c1-2-7-5-6-3-4-6/h2-5H2,1H3. The summed E-state index contributed by atoms with van der Waals surface area (Å²) in [6.07, 6.45) is 2.85. The average molecular weight is 115 g/mol. The summed E-state index contributed by atoms with van der Waals surface area (Å²) in [5, 5.41) is 0. The van der Waals surface area contributed by atoms with Crippen molar-refractivity contribution in [3.63, 3.8) is 0 Å². The Morgan fingerprint density at radius 1 is 1.57 bits per heavy atom. The fraction of sp³-hybridized carbons (Fsp3) is 0.833. The van der Waals surface area contributed by atoms with Crippen LogP contribution in [0.5, 0.6) is 0 Å². The van der Waals surface area contributed by atoms with Crippen LogP contribution in [0.1, 0.15) is 19.8 Å². The van der Waals surface area contributed by atoms with E-state index in [0.717, 1.165) is 0 Å². The van der Waals surface area contributed by atoms with Crippen LogP contribution in [0.15, 0.2) is 0 Å². The summed E-state index contributed by atoms with van der Waals surface area (Å²) in [5.41, 5.74) is 0. The molecule has 0 spiro atoms. The van der Waals surface area contributed by atoms with Gasteiger partial charge in [-0.1, -0.05) is 6.92 Å². The molecule has 1 fully saturated rings. The van der Waals surface area contributed by atoms with Gasteiger partial charge in [-0.25, -0.2) is 0 Å². The largest absolute Gasteiger partial charge is 0.162 e. The van der Waals surface area contributed by atoms with Gasteiger partial charge in [0.1, 0.15) is 0 Å². The van der Waals surface area contributed by atoms with Crippen molar-refractivity contribution in [2.45, 2.75) is 19.8 Å². The number of hydrogen-bond acceptors (Lipinski definition) is 1. The van der Waals surface area contributed by atoms with Crippen LogP contribution in [0.25, 0.3) is 0 Å². The maximum absolute atomic E-state index is 2.22. The van der Waals surface area contributed by atoms with Crippen LogP contribution in [-0.4, -0.2) is 11.5 Å². The molecule has 0 aliphatic heterocycles. The van der Waals surface area contributed by atoms with Crippen molar-refractivity contribution in [2.75, 3.05) is 11.5 Å². The molecule has 41 valence electrons. The van der Waals surface area contributed by atoms with Crippen molar-refractivity contribution in [3.8, 4) is 0 Å². The van der Waals surface area contributed by atoms with Gasteiger partial charge in [0.05, 0.1) is 0 Å². The van der Waals surface area contributed by atoms with Gasteiger partial charge in [0.25, 0.3) is 0 Å². The molecule has 0 aromatic heterocycles. The lowest BCUT2D eigenvalue weighted by atomic mass is 10.5. The SMILES string of the molecule is CCSC[C]1CC1. The summed E-state index contributed by atoms with van der Waals surface area (Å²) in [6.45, 7) is 2.22. The highest BCUT2D eigenvalue weighted by Crippen LogP contribution is 2.34. The summed E-state index contributed by atoms with van der Waals surface area (Å²) in [5.74, 6) is 4.40. The van der Waals surface area contributed by atoms with E-state index in [1.807, 2.05) is 11.8 Å². The summed E-state index contributed by atoms with van der Waals surface area (Å²) < 4.78 is 0. The molecule has 0 atom stereocenters. The maximum Gasteiger partial charge on any atom is -0.000528 e. The Balaban J connectivity index is 1.80. The first-order valence-corrected chi connectivity index (χ1v) is 4.00. The van der Waals surface area contributed by atoms with Gasteiger partial charge in [-0.3, -0.25) is 0 Å². The second kappa shape index (κ2) is 2.61. The molecule has 0 aromatic rings. The highest BCUT2D eigenvalue weighted by molar-refractivity contribution is 7.99. The second-order valence-corrected chi connectivity index (χ2v) is 3.16. The van der Waals surface area contributed by atoms with Gasteiger partial charge >= 0.3 is 0 Å². The Morgan fingerprint density at radius 3 is 2.71 bits per heavy atom. The van der Waals surface area contributed by atoms with Crippen molar-refractivity contribution in [2.24, 2.45) is 0 Å². The Labute approximate surface area is 49.7 Å². The first-order chi connectivity index (χ1) is 3.43. The molecule has 1 aliphatic carbocycles. The van der Waals surface area contributed by atoms with Gasteiger partial charge in [-0.2, -0.15) is 11.8 Å². The van der Waals surface area contributed by atoms with E-state index in [1.54, 1.807) is 5.92 Å². The van der Waals surface area contributed by atoms with Crippen LogP contribution in [0, 0.1) is 5.92 Å². The van der Waals surface area contributed by atoms with Crippen molar-refractivity contribution >= 4 is 11.8 Å². The van der Waals surface area contributed by atoms with E-state index in [0.29, 0.717) is 0 Å². The average Bonchev–Trinajstić information content (AvgIpc) is 2.42. The molecular formula is C6H11S. The van der Waals surface area contributed by atoms with Gasteiger partial charge in [-0.05, 0) is 30.3 Å². The van der Waals surface area contributed by atoms with E-state index in [9.17, 15) is 0 Å². The van der Waals surface area contributed by atoms with Gasteiger partial charge in [0.15, 0.2) is 0 Å². The Kier molecular flexibility index (Phi) is 2.04. The van der Waals surface area contributed by atoms with E-state index < -0.39 is 0 Å². The molecular weight excluding hydrogens is 104 g/mol. The van der Waals surface area contributed by atoms with Crippen LogP contribution < -0.4 is 0 Å². The van der Waals surface area contributed by atoms with E-state index >= 15 is 0 Å². The van der Waals surface area contributed by atoms with Gasteiger partial charge in [0.2, 0.25) is 0 Å². The molecule has 0 nitrogen and oxygen atoms in total. The molecule has 0 aromatic carbocycles. The van der Waals surface area contributed by atoms with Crippen LogP contribution in [0.2, 0.25) is 0 Å². The van der Waals surface area contributed by atoms with Crippen LogP contribution in [0.4, 0.5) is 0 Å². The van der Waals surface area contributed by atoms with Crippen molar-refractivity contribution in [1.29, 1.82) is 0 Å². The van der Waals surface area contributed by atoms with Crippen molar-refractivity contribution in [3.05, 3.63) is 5.92 Å². The molecule has 1 aliphatic rings. The minimum atomic E-state index is 1.28. The van der Waals surface area contributed by atoms with Crippen molar-refractivity contribution in [1.82, 2.24) is 0 Å². The fourth-order valence-electron chi connectivity index (χ4n) is 0.479. The molecule has 7 heavy (non-hydrogen) atoms. The summed E-state index contributed by atoms with van der Waals surface area (Å²) in [4.78, 5) is 0. The van der Waals surface area contributed by atoms with E-state index in [-0.39, 0.29) is 0 Å². The van der Waals surface area contributed by atoms with E-state index in [4.69, 9.17) is 0 Å². The second-order valence-electron chi connectivity index (χ2n) is 1.89. The Morgan fingerprint density at radius 2 is 2.29 bits per heavy atom. The first-order valence-electron chi connectivity index (χ1n) is 2.85. The molecule has 0 bridgehead atoms. The smallest absolute Gasteiger partial charge is 0.000528 e. The minimum Gasteiger partial charge on any atom is -0.162 e. The molecule has 0 amide bonds. The Bertz CT molecular complexity index is 48.1. The molecule has 1 radical (unpaired) electrons. The lowest BCUT2D eigenvalue weighted by Gasteiger charge is -1.88. The highest BCUT2D eigenvalue weighted by Gasteiger charge is 2.20. The molecule has 0 heterocycles. The predicted octanol–water partition coefficient (Wildman–Crippen LogP) is 2.11. The van der Waals surface area contributed by atoms with E-state index in [2.05, 4.69) is 6.92 Å². The third-order valence-corrected chi connectivity index (χ3v) is 2.13. The molecule has 1 saturated carbocycles. The number of thioether (sulfide) groups is 1. The third-order valence-electron chi connectivity index (χ3n) is 1.11. The Hall–Kier alpha value is 0.350. The highest BCUT2D eigenvalue weighted by atomic mass is 32.2.